The van der Waals surface area contributed by atoms with Gasteiger partial charge in [-0.2, -0.15) is 0 Å². The Hall–Kier alpha value is 0.414. The van der Waals surface area contributed by atoms with Crippen LogP contribution in [0.4, 0.5) is 0 Å². The average molecular weight is 118 g/mol. The van der Waals surface area contributed by atoms with E-state index in [1.165, 1.54) is 6.54 Å². The summed E-state index contributed by atoms with van der Waals surface area (Å²) in [5.41, 5.74) is 9.62. The minimum absolute atomic E-state index is 0. The predicted molar refractivity (Wildman–Crippen MR) is 17.5 cm³/mol. The topological polar surface area (TPSA) is 52.0 Å². The van der Waals surface area contributed by atoms with Gasteiger partial charge in [0.1, 0.15) is 0 Å². The first-order valence-electron chi connectivity index (χ1n) is 1.15. The van der Waals surface area contributed by atoms with Crippen LogP contribution >= 0.6 is 0 Å². The van der Waals surface area contributed by atoms with Gasteiger partial charge < -0.3 is 11.5 Å². The van der Waals surface area contributed by atoms with E-state index >= 15 is 0 Å². The number of hydrogen-bond donors (Lipinski definition) is 2. The first kappa shape index (κ1) is 9.05. The predicted octanol–water partition coefficient (Wildman–Crippen LogP) is -0.937. The molecule has 0 saturated carbocycles. The monoisotopic (exact) mass is 117 g/mol. The minimum Gasteiger partial charge on any atom is -0.482 e. The minimum atomic E-state index is 0. The van der Waals surface area contributed by atoms with Crippen LogP contribution in [0.5, 0.6) is 0 Å². The van der Waals surface area contributed by atoms with Crippen molar-refractivity contribution in [1.82, 2.24) is 0 Å². The van der Waals surface area contributed by atoms with Gasteiger partial charge >= 0.3 is 0 Å². The second-order valence-electron chi connectivity index (χ2n) is 0.471. The maximum Gasteiger partial charge on any atom is 0 e. The standard InChI is InChI=1S/C2H7N2.Ni/c3-1-2-4;/h1H,2-4H2;/q-1;. The zero-order chi connectivity index (χ0) is 3.41. The van der Waals surface area contributed by atoms with Gasteiger partial charge in [-0.1, -0.05) is 0 Å². The van der Waals surface area contributed by atoms with E-state index in [0.717, 1.165) is 0 Å². The van der Waals surface area contributed by atoms with Crippen LogP contribution in [0.25, 0.3) is 0 Å². The van der Waals surface area contributed by atoms with E-state index in [2.05, 4.69) is 0 Å². The molecule has 0 unspecified atom stereocenters. The van der Waals surface area contributed by atoms with Crippen molar-refractivity contribution in [2.45, 2.75) is 0 Å². The molecular formula is C2H7N2Ni-. The number of rotatable bonds is 1. The summed E-state index contributed by atoms with van der Waals surface area (Å²) >= 11 is 0. The second-order valence-corrected chi connectivity index (χ2v) is 0.471. The van der Waals surface area contributed by atoms with Gasteiger partial charge in [0.2, 0.25) is 0 Å². The zero-order valence-corrected chi connectivity index (χ0v) is 3.74. The summed E-state index contributed by atoms with van der Waals surface area (Å²) in [6.07, 6.45) is 0. The van der Waals surface area contributed by atoms with Crippen LogP contribution in [0.2, 0.25) is 0 Å². The molecule has 0 heterocycles. The Labute approximate surface area is 41.8 Å². The third kappa shape index (κ3) is 12.9. The van der Waals surface area contributed by atoms with Crippen LogP contribution in [0.15, 0.2) is 0 Å². The Morgan fingerprint density at radius 1 is 1.60 bits per heavy atom. The van der Waals surface area contributed by atoms with E-state index in [4.69, 9.17) is 11.5 Å². The summed E-state index contributed by atoms with van der Waals surface area (Å²) in [6.45, 7) is 1.88. The Morgan fingerprint density at radius 3 is 1.80 bits per heavy atom. The van der Waals surface area contributed by atoms with E-state index in [0.29, 0.717) is 6.54 Å². The summed E-state index contributed by atoms with van der Waals surface area (Å²) in [4.78, 5) is 0. The fourth-order valence-corrected chi connectivity index (χ4v) is 0. The van der Waals surface area contributed by atoms with E-state index < -0.39 is 0 Å². The van der Waals surface area contributed by atoms with Gasteiger partial charge in [-0.25, -0.2) is 0 Å². The Morgan fingerprint density at radius 2 is 1.80 bits per heavy atom. The molecule has 0 rings (SSSR count). The van der Waals surface area contributed by atoms with E-state index in [1.807, 2.05) is 0 Å². The fourth-order valence-electron chi connectivity index (χ4n) is 0. The number of hydrogen-bond acceptors (Lipinski definition) is 2. The molecule has 0 aromatic rings. The molecule has 0 atom stereocenters. The van der Waals surface area contributed by atoms with Crippen LogP contribution < -0.4 is 11.5 Å². The average Bonchev–Trinajstić information content (AvgIpc) is 1.37. The zero-order valence-electron chi connectivity index (χ0n) is 2.76. The third-order valence-electron chi connectivity index (χ3n) is 0.136. The van der Waals surface area contributed by atoms with Crippen LogP contribution in [0.3, 0.4) is 0 Å². The van der Waals surface area contributed by atoms with Gasteiger partial charge in [0, 0.05) is 16.5 Å². The van der Waals surface area contributed by atoms with Gasteiger partial charge in [-0.05, 0) is 0 Å². The molecule has 0 amide bonds. The molecule has 3 heteroatoms. The Balaban J connectivity index is 0. The molecule has 36 valence electrons. The molecule has 0 saturated heterocycles. The van der Waals surface area contributed by atoms with E-state index in [9.17, 15) is 0 Å². The molecule has 0 radical (unpaired) electrons. The molecule has 0 aliphatic heterocycles. The number of nitrogens with two attached hydrogens (primary N) is 2. The maximum atomic E-state index is 4.85. The van der Waals surface area contributed by atoms with E-state index in [-0.39, 0.29) is 16.5 Å². The van der Waals surface area contributed by atoms with Crippen molar-refractivity contribution >= 4 is 0 Å². The summed E-state index contributed by atoms with van der Waals surface area (Å²) in [5.74, 6) is 0. The SMILES string of the molecule is N[CH-]CN.[Ni]. The largest absolute Gasteiger partial charge is 0.482 e. The van der Waals surface area contributed by atoms with Gasteiger partial charge in [-0.15, -0.1) is 6.54 Å². The molecule has 0 aliphatic rings. The maximum absolute atomic E-state index is 4.85. The molecule has 5 heavy (non-hydrogen) atoms. The van der Waals surface area contributed by atoms with Crippen LogP contribution in [-0.4, -0.2) is 6.54 Å². The molecule has 0 aromatic heterocycles. The fraction of sp³-hybridized carbons (Fsp3) is 0.500. The van der Waals surface area contributed by atoms with Crippen molar-refractivity contribution in [2.24, 2.45) is 11.5 Å². The van der Waals surface area contributed by atoms with Crippen LogP contribution in [0.1, 0.15) is 0 Å². The molecule has 0 aromatic carbocycles. The first-order valence-corrected chi connectivity index (χ1v) is 1.15. The molecule has 4 N–H and O–H groups in total. The van der Waals surface area contributed by atoms with Gasteiger partial charge in [0.05, 0.1) is 0 Å². The molecule has 0 spiro atoms. The van der Waals surface area contributed by atoms with Gasteiger partial charge in [-0.3, -0.25) is 6.54 Å². The smallest absolute Gasteiger partial charge is 0 e. The molecule has 2 nitrogen and oxygen atoms in total. The quantitative estimate of drug-likeness (QED) is 0.344. The summed E-state index contributed by atoms with van der Waals surface area (Å²) in [5, 5.41) is 0. The molecule has 0 fully saturated rings. The third-order valence-corrected chi connectivity index (χ3v) is 0.136. The summed E-state index contributed by atoms with van der Waals surface area (Å²) < 4.78 is 0. The van der Waals surface area contributed by atoms with Crippen molar-refractivity contribution in [3.8, 4) is 0 Å². The summed E-state index contributed by atoms with van der Waals surface area (Å²) in [7, 11) is 0. The van der Waals surface area contributed by atoms with Crippen LogP contribution in [-0.2, 0) is 16.5 Å². The van der Waals surface area contributed by atoms with Crippen LogP contribution in [0, 0.1) is 6.54 Å². The molecule has 0 bridgehead atoms. The second kappa shape index (κ2) is 8.83. The van der Waals surface area contributed by atoms with Crippen molar-refractivity contribution in [2.75, 3.05) is 6.54 Å². The van der Waals surface area contributed by atoms with E-state index in [1.54, 1.807) is 0 Å². The first-order chi connectivity index (χ1) is 1.91. The van der Waals surface area contributed by atoms with Gasteiger partial charge in [0.15, 0.2) is 0 Å². The van der Waals surface area contributed by atoms with Gasteiger partial charge in [0.25, 0.3) is 0 Å². The molecule has 0 aliphatic carbocycles. The normalized spacial score (nSPS) is 6.00. The van der Waals surface area contributed by atoms with Crippen molar-refractivity contribution in [3.05, 3.63) is 6.54 Å². The summed E-state index contributed by atoms with van der Waals surface area (Å²) in [6, 6.07) is 0. The van der Waals surface area contributed by atoms with Crippen molar-refractivity contribution in [3.63, 3.8) is 0 Å². The molecular weight excluding hydrogens is 111 g/mol. The Bertz CT molecular complexity index is 9.61. The van der Waals surface area contributed by atoms with Crippen molar-refractivity contribution < 1.29 is 16.5 Å². The van der Waals surface area contributed by atoms with Crippen molar-refractivity contribution in [1.29, 1.82) is 0 Å². The Kier molecular flexibility index (Phi) is 16.0.